The number of anilines is 2. The SMILES string of the molecule is C[C@]1(N2CCN(c3cc4cc(NC(=O)[C@H]5C[C@]56CCCOC6)ncc4cc3Cl)CC2)COC[C@H]1O. The number of amides is 1. The first-order valence-electron chi connectivity index (χ1n) is 12.6. The van der Waals surface area contributed by atoms with Crippen LogP contribution in [-0.4, -0.2) is 85.1 Å². The number of piperazine rings is 1. The Morgan fingerprint density at radius 2 is 2.00 bits per heavy atom. The molecular formula is C26H33ClN4O4. The van der Waals surface area contributed by atoms with Crippen molar-refractivity contribution in [2.75, 3.05) is 62.8 Å². The van der Waals surface area contributed by atoms with Gasteiger partial charge in [-0.05, 0) is 49.8 Å². The van der Waals surface area contributed by atoms with Crippen LogP contribution in [0.15, 0.2) is 24.4 Å². The van der Waals surface area contributed by atoms with E-state index < -0.39 is 6.10 Å². The van der Waals surface area contributed by atoms with E-state index in [2.05, 4.69) is 33.1 Å². The average molecular weight is 501 g/mol. The lowest BCUT2D eigenvalue weighted by Crippen LogP contribution is -2.60. The number of pyridine rings is 1. The molecule has 8 nitrogen and oxygen atoms in total. The van der Waals surface area contributed by atoms with Crippen molar-refractivity contribution in [3.8, 4) is 0 Å². The molecule has 3 saturated heterocycles. The van der Waals surface area contributed by atoms with E-state index in [0.717, 1.165) is 68.5 Å². The van der Waals surface area contributed by atoms with Crippen molar-refractivity contribution in [1.29, 1.82) is 0 Å². The van der Waals surface area contributed by atoms with E-state index in [1.807, 2.05) is 12.1 Å². The van der Waals surface area contributed by atoms with Crippen LogP contribution in [0.5, 0.6) is 0 Å². The monoisotopic (exact) mass is 500 g/mol. The Balaban J connectivity index is 1.15. The van der Waals surface area contributed by atoms with E-state index >= 15 is 0 Å². The number of halogens is 1. The molecule has 0 unspecified atom stereocenters. The van der Waals surface area contributed by atoms with Crippen molar-refractivity contribution >= 4 is 39.8 Å². The fraction of sp³-hybridized carbons (Fsp3) is 0.615. The van der Waals surface area contributed by atoms with Gasteiger partial charge in [-0.2, -0.15) is 0 Å². The molecule has 4 fully saturated rings. The summed E-state index contributed by atoms with van der Waals surface area (Å²) in [4.78, 5) is 22.0. The lowest BCUT2D eigenvalue weighted by atomic mass is 9.95. The molecule has 1 amide bonds. The quantitative estimate of drug-likeness (QED) is 0.667. The topological polar surface area (TPSA) is 87.2 Å². The largest absolute Gasteiger partial charge is 0.389 e. The highest BCUT2D eigenvalue weighted by Crippen LogP contribution is 2.57. The summed E-state index contributed by atoms with van der Waals surface area (Å²) < 4.78 is 11.2. The summed E-state index contributed by atoms with van der Waals surface area (Å²) in [6.07, 6.45) is 4.31. The Labute approximate surface area is 210 Å². The normalized spacial score (nSPS) is 33.4. The average Bonchev–Trinajstić information content (AvgIpc) is 3.44. The van der Waals surface area contributed by atoms with Gasteiger partial charge in [0.15, 0.2) is 0 Å². The Hall–Kier alpha value is -1.97. The van der Waals surface area contributed by atoms with Crippen LogP contribution in [0.2, 0.25) is 5.02 Å². The van der Waals surface area contributed by atoms with E-state index in [9.17, 15) is 9.90 Å². The molecule has 1 saturated carbocycles. The predicted molar refractivity (Wildman–Crippen MR) is 135 cm³/mol. The van der Waals surface area contributed by atoms with Crippen molar-refractivity contribution in [2.24, 2.45) is 11.3 Å². The van der Waals surface area contributed by atoms with Crippen LogP contribution >= 0.6 is 11.6 Å². The first kappa shape index (κ1) is 23.4. The second kappa shape index (κ2) is 8.85. The number of hydrogen-bond acceptors (Lipinski definition) is 7. The number of ether oxygens (including phenoxy) is 2. The van der Waals surface area contributed by atoms with Crippen LogP contribution in [0, 0.1) is 11.3 Å². The standard InChI is InChI=1S/C26H33ClN4O4/c1-25(15-35-14-22(25)32)31-6-4-30(5-7-31)21-10-17-11-23(28-13-18(17)9-20(21)27)29-24(33)19-12-26(19)3-2-8-34-16-26/h9-11,13,19,22,32H,2-8,12,14-16H2,1H3,(H,28,29,33)/t19-,22-,25+,26+/m1/s1. The van der Waals surface area contributed by atoms with Crippen molar-refractivity contribution in [2.45, 2.75) is 37.8 Å². The highest BCUT2D eigenvalue weighted by Gasteiger charge is 2.58. The summed E-state index contributed by atoms with van der Waals surface area (Å²) in [6.45, 7) is 7.82. The molecule has 3 aliphatic heterocycles. The maximum Gasteiger partial charge on any atom is 0.229 e. The van der Waals surface area contributed by atoms with Gasteiger partial charge < -0.3 is 24.8 Å². The molecule has 4 heterocycles. The molecule has 0 radical (unpaired) electrons. The van der Waals surface area contributed by atoms with Gasteiger partial charge in [0.05, 0.1) is 42.2 Å². The van der Waals surface area contributed by atoms with Crippen molar-refractivity contribution in [1.82, 2.24) is 9.88 Å². The van der Waals surface area contributed by atoms with Crippen molar-refractivity contribution in [3.05, 3.63) is 29.4 Å². The number of aromatic nitrogens is 1. The van der Waals surface area contributed by atoms with Crippen LogP contribution in [0.4, 0.5) is 11.5 Å². The molecule has 1 aliphatic carbocycles. The highest BCUT2D eigenvalue weighted by atomic mass is 35.5. The zero-order valence-electron chi connectivity index (χ0n) is 20.1. The highest BCUT2D eigenvalue weighted by molar-refractivity contribution is 6.34. The van der Waals surface area contributed by atoms with Gasteiger partial charge in [0.2, 0.25) is 5.91 Å². The number of nitrogens with zero attached hydrogens (tertiary/aromatic N) is 3. The Morgan fingerprint density at radius 3 is 2.71 bits per heavy atom. The number of fused-ring (bicyclic) bond motifs is 1. The summed E-state index contributed by atoms with van der Waals surface area (Å²) in [7, 11) is 0. The number of aliphatic hydroxyl groups is 1. The number of hydrogen-bond donors (Lipinski definition) is 2. The summed E-state index contributed by atoms with van der Waals surface area (Å²) in [5, 5.41) is 16.1. The molecule has 0 bridgehead atoms. The van der Waals surface area contributed by atoms with E-state index in [-0.39, 0.29) is 22.8 Å². The van der Waals surface area contributed by atoms with Crippen LogP contribution < -0.4 is 10.2 Å². The van der Waals surface area contributed by atoms with Crippen LogP contribution in [-0.2, 0) is 14.3 Å². The van der Waals surface area contributed by atoms with E-state index in [0.29, 0.717) is 30.7 Å². The van der Waals surface area contributed by atoms with Gasteiger partial charge in [0.25, 0.3) is 0 Å². The van der Waals surface area contributed by atoms with Gasteiger partial charge in [-0.25, -0.2) is 4.98 Å². The second-order valence-corrected chi connectivity index (χ2v) is 11.3. The summed E-state index contributed by atoms with van der Waals surface area (Å²) >= 11 is 6.68. The third-order valence-corrected chi connectivity index (χ3v) is 8.93. The van der Waals surface area contributed by atoms with Gasteiger partial charge >= 0.3 is 0 Å². The fourth-order valence-corrected chi connectivity index (χ4v) is 6.41. The molecule has 1 aromatic heterocycles. The molecule has 9 heteroatoms. The minimum Gasteiger partial charge on any atom is -0.389 e. The fourth-order valence-electron chi connectivity index (χ4n) is 6.12. The first-order chi connectivity index (χ1) is 16.9. The Bertz CT molecular complexity index is 1130. The molecule has 1 aromatic carbocycles. The second-order valence-electron chi connectivity index (χ2n) is 10.8. The van der Waals surface area contributed by atoms with Crippen LogP contribution in [0.25, 0.3) is 10.8 Å². The smallest absolute Gasteiger partial charge is 0.229 e. The van der Waals surface area contributed by atoms with E-state index in [1.54, 1.807) is 6.20 Å². The molecular weight excluding hydrogens is 468 g/mol. The minimum absolute atomic E-state index is 0.0167. The summed E-state index contributed by atoms with van der Waals surface area (Å²) in [5.74, 6) is 0.629. The Kier molecular flexibility index (Phi) is 5.92. The summed E-state index contributed by atoms with van der Waals surface area (Å²) in [6, 6.07) is 5.97. The van der Waals surface area contributed by atoms with Crippen LogP contribution in [0.1, 0.15) is 26.2 Å². The minimum atomic E-state index is -0.462. The molecule has 2 N–H and O–H groups in total. The predicted octanol–water partition coefficient (Wildman–Crippen LogP) is 2.92. The number of aliphatic hydroxyl groups excluding tert-OH is 1. The first-order valence-corrected chi connectivity index (χ1v) is 13.0. The van der Waals surface area contributed by atoms with Gasteiger partial charge in [-0.1, -0.05) is 11.6 Å². The lowest BCUT2D eigenvalue weighted by Gasteiger charge is -2.45. The molecule has 1 spiro atoms. The number of rotatable bonds is 4. The third kappa shape index (κ3) is 4.19. The van der Waals surface area contributed by atoms with Gasteiger partial charge in [-0.3, -0.25) is 9.69 Å². The number of benzene rings is 1. The molecule has 6 rings (SSSR count). The molecule has 4 atom stereocenters. The van der Waals surface area contributed by atoms with Crippen molar-refractivity contribution in [3.63, 3.8) is 0 Å². The maximum atomic E-state index is 12.9. The zero-order chi connectivity index (χ0) is 24.2. The van der Waals surface area contributed by atoms with Gasteiger partial charge in [-0.15, -0.1) is 0 Å². The zero-order valence-corrected chi connectivity index (χ0v) is 20.9. The van der Waals surface area contributed by atoms with E-state index in [4.69, 9.17) is 21.1 Å². The molecule has 35 heavy (non-hydrogen) atoms. The summed E-state index contributed by atoms with van der Waals surface area (Å²) in [5.41, 5.74) is 0.693. The van der Waals surface area contributed by atoms with E-state index in [1.165, 1.54) is 0 Å². The van der Waals surface area contributed by atoms with Crippen molar-refractivity contribution < 1.29 is 19.4 Å². The Morgan fingerprint density at radius 1 is 1.17 bits per heavy atom. The number of nitrogens with one attached hydrogen (secondary N) is 1. The maximum absolute atomic E-state index is 12.9. The molecule has 2 aromatic rings. The molecule has 188 valence electrons. The third-order valence-electron chi connectivity index (χ3n) is 8.63. The lowest BCUT2D eigenvalue weighted by molar-refractivity contribution is -0.119. The number of carbonyl (C=O) groups is 1. The number of carbonyl (C=O) groups excluding carboxylic acids is 1. The molecule has 4 aliphatic rings. The van der Waals surface area contributed by atoms with Gasteiger partial charge in [0, 0.05) is 55.7 Å². The van der Waals surface area contributed by atoms with Gasteiger partial charge in [0.1, 0.15) is 5.82 Å². The van der Waals surface area contributed by atoms with Crippen LogP contribution in [0.3, 0.4) is 0 Å².